The van der Waals surface area contributed by atoms with Gasteiger partial charge in [0.1, 0.15) is 11.4 Å². The van der Waals surface area contributed by atoms with Gasteiger partial charge in [-0.3, -0.25) is 9.78 Å². The first-order valence-electron chi connectivity index (χ1n) is 6.16. The molecule has 0 saturated carbocycles. The molecule has 1 aromatic heterocycles. The fraction of sp³-hybridized carbons (Fsp3) is 0.200. The van der Waals surface area contributed by atoms with Gasteiger partial charge >= 0.3 is 0 Å². The van der Waals surface area contributed by atoms with E-state index in [0.717, 1.165) is 0 Å². The minimum Gasteiger partial charge on any atom is -0.384 e. The SMILES string of the molecule is CC(O)(CNC(=O)c1cccnc1)c1ccc(F)cc1. The van der Waals surface area contributed by atoms with Crippen LogP contribution in [0.2, 0.25) is 0 Å². The second kappa shape index (κ2) is 5.79. The average molecular weight is 274 g/mol. The molecular weight excluding hydrogens is 259 g/mol. The van der Waals surface area contributed by atoms with E-state index in [9.17, 15) is 14.3 Å². The lowest BCUT2D eigenvalue weighted by Gasteiger charge is -2.24. The number of pyridine rings is 1. The second-order valence-corrected chi connectivity index (χ2v) is 4.71. The highest BCUT2D eigenvalue weighted by Gasteiger charge is 2.24. The molecule has 0 saturated heterocycles. The van der Waals surface area contributed by atoms with Gasteiger partial charge in [-0.05, 0) is 36.8 Å². The van der Waals surface area contributed by atoms with Gasteiger partial charge in [0.2, 0.25) is 0 Å². The average Bonchev–Trinajstić information content (AvgIpc) is 2.46. The Morgan fingerprint density at radius 1 is 1.35 bits per heavy atom. The van der Waals surface area contributed by atoms with Crippen LogP contribution in [0.15, 0.2) is 48.8 Å². The standard InChI is InChI=1S/C15H15FN2O2/c1-15(20,12-4-6-13(16)7-5-12)10-18-14(19)11-3-2-8-17-9-11/h2-9,20H,10H2,1H3,(H,18,19). The number of halogens is 1. The van der Waals surface area contributed by atoms with Crippen LogP contribution in [0.25, 0.3) is 0 Å². The maximum Gasteiger partial charge on any atom is 0.252 e. The monoisotopic (exact) mass is 274 g/mol. The zero-order valence-electron chi connectivity index (χ0n) is 11.0. The van der Waals surface area contributed by atoms with Crippen LogP contribution >= 0.6 is 0 Å². The molecule has 0 fully saturated rings. The molecule has 1 atom stereocenters. The zero-order chi connectivity index (χ0) is 14.6. The van der Waals surface area contributed by atoms with Gasteiger partial charge in [0.15, 0.2) is 0 Å². The molecule has 1 aromatic carbocycles. The highest BCUT2D eigenvalue weighted by molar-refractivity contribution is 5.93. The van der Waals surface area contributed by atoms with Gasteiger partial charge < -0.3 is 10.4 Å². The molecule has 0 aliphatic carbocycles. The number of hydrogen-bond donors (Lipinski definition) is 2. The van der Waals surface area contributed by atoms with E-state index in [1.807, 2.05) is 0 Å². The first-order valence-corrected chi connectivity index (χ1v) is 6.16. The zero-order valence-corrected chi connectivity index (χ0v) is 11.0. The largest absolute Gasteiger partial charge is 0.384 e. The summed E-state index contributed by atoms with van der Waals surface area (Å²) in [5.74, 6) is -0.690. The molecular formula is C15H15FN2O2. The number of benzene rings is 1. The highest BCUT2D eigenvalue weighted by atomic mass is 19.1. The predicted octanol–water partition coefficient (Wildman–Crippen LogP) is 1.86. The number of rotatable bonds is 4. The third kappa shape index (κ3) is 3.39. The number of nitrogens with one attached hydrogen (secondary N) is 1. The summed E-state index contributed by atoms with van der Waals surface area (Å²) in [6.07, 6.45) is 3.02. The minimum atomic E-state index is -1.27. The van der Waals surface area contributed by atoms with E-state index in [0.29, 0.717) is 11.1 Å². The van der Waals surface area contributed by atoms with E-state index in [-0.39, 0.29) is 18.3 Å². The van der Waals surface area contributed by atoms with Crippen LogP contribution in [0, 0.1) is 5.82 Å². The van der Waals surface area contributed by atoms with Crippen molar-refractivity contribution >= 4 is 5.91 Å². The fourth-order valence-electron chi connectivity index (χ4n) is 1.76. The third-order valence-corrected chi connectivity index (χ3v) is 2.98. The quantitative estimate of drug-likeness (QED) is 0.894. The highest BCUT2D eigenvalue weighted by Crippen LogP contribution is 2.20. The smallest absolute Gasteiger partial charge is 0.252 e. The first kappa shape index (κ1) is 14.1. The topological polar surface area (TPSA) is 62.2 Å². The van der Waals surface area contributed by atoms with Crippen molar-refractivity contribution in [2.75, 3.05) is 6.54 Å². The molecule has 1 unspecified atom stereocenters. The summed E-state index contributed by atoms with van der Waals surface area (Å²) >= 11 is 0. The molecule has 0 aliphatic heterocycles. The third-order valence-electron chi connectivity index (χ3n) is 2.98. The van der Waals surface area contributed by atoms with Crippen molar-refractivity contribution in [2.45, 2.75) is 12.5 Å². The molecule has 4 nitrogen and oxygen atoms in total. The van der Waals surface area contributed by atoms with Crippen LogP contribution in [0.4, 0.5) is 4.39 Å². The van der Waals surface area contributed by atoms with Crippen molar-refractivity contribution in [3.63, 3.8) is 0 Å². The van der Waals surface area contributed by atoms with Gasteiger partial charge in [-0.25, -0.2) is 4.39 Å². The van der Waals surface area contributed by atoms with Gasteiger partial charge in [-0.1, -0.05) is 12.1 Å². The molecule has 0 aliphatic rings. The van der Waals surface area contributed by atoms with Crippen molar-refractivity contribution in [1.29, 1.82) is 0 Å². The van der Waals surface area contributed by atoms with Crippen molar-refractivity contribution < 1.29 is 14.3 Å². The summed E-state index contributed by atoms with van der Waals surface area (Å²) in [4.78, 5) is 15.7. The van der Waals surface area contributed by atoms with Crippen LogP contribution in [0.3, 0.4) is 0 Å². The summed E-state index contributed by atoms with van der Waals surface area (Å²) < 4.78 is 12.9. The normalized spacial score (nSPS) is 13.6. The van der Waals surface area contributed by atoms with E-state index < -0.39 is 5.60 Å². The molecule has 1 heterocycles. The number of nitrogens with zero attached hydrogens (tertiary/aromatic N) is 1. The molecule has 0 radical (unpaired) electrons. The van der Waals surface area contributed by atoms with Crippen molar-refractivity contribution in [3.05, 3.63) is 65.7 Å². The molecule has 2 rings (SSSR count). The first-order chi connectivity index (χ1) is 9.49. The van der Waals surface area contributed by atoms with Gasteiger partial charge in [-0.2, -0.15) is 0 Å². The second-order valence-electron chi connectivity index (χ2n) is 4.71. The number of amides is 1. The van der Waals surface area contributed by atoms with Crippen LogP contribution in [0.5, 0.6) is 0 Å². The van der Waals surface area contributed by atoms with Crippen LogP contribution < -0.4 is 5.32 Å². The molecule has 20 heavy (non-hydrogen) atoms. The van der Waals surface area contributed by atoms with E-state index in [2.05, 4.69) is 10.3 Å². The molecule has 1 amide bonds. The van der Waals surface area contributed by atoms with Gasteiger partial charge in [-0.15, -0.1) is 0 Å². The maximum atomic E-state index is 12.9. The minimum absolute atomic E-state index is 0.0202. The number of carbonyl (C=O) groups is 1. The molecule has 5 heteroatoms. The van der Waals surface area contributed by atoms with E-state index >= 15 is 0 Å². The Kier molecular flexibility index (Phi) is 4.10. The lowest BCUT2D eigenvalue weighted by molar-refractivity contribution is 0.0526. The van der Waals surface area contributed by atoms with Crippen LogP contribution in [-0.2, 0) is 5.60 Å². The molecule has 104 valence electrons. The summed E-state index contributed by atoms with van der Waals surface area (Å²) in [5.41, 5.74) is -0.321. The Balaban J connectivity index is 2.02. The van der Waals surface area contributed by atoms with E-state index in [1.54, 1.807) is 25.3 Å². The maximum absolute atomic E-state index is 12.9. The number of aliphatic hydroxyl groups is 1. The lowest BCUT2D eigenvalue weighted by atomic mass is 9.96. The van der Waals surface area contributed by atoms with Gasteiger partial charge in [0, 0.05) is 12.4 Å². The number of carbonyl (C=O) groups excluding carboxylic acids is 1. The fourth-order valence-corrected chi connectivity index (χ4v) is 1.76. The van der Waals surface area contributed by atoms with E-state index in [1.165, 1.54) is 30.5 Å². The number of aromatic nitrogens is 1. The van der Waals surface area contributed by atoms with Crippen LogP contribution in [0.1, 0.15) is 22.8 Å². The summed E-state index contributed by atoms with van der Waals surface area (Å²) in [5, 5.41) is 12.9. The van der Waals surface area contributed by atoms with Crippen molar-refractivity contribution in [3.8, 4) is 0 Å². The van der Waals surface area contributed by atoms with Crippen molar-refractivity contribution in [1.82, 2.24) is 10.3 Å². The summed E-state index contributed by atoms with van der Waals surface area (Å²) in [7, 11) is 0. The summed E-state index contributed by atoms with van der Waals surface area (Å²) in [6, 6.07) is 8.82. The summed E-state index contributed by atoms with van der Waals surface area (Å²) in [6.45, 7) is 1.58. The Morgan fingerprint density at radius 2 is 2.05 bits per heavy atom. The van der Waals surface area contributed by atoms with Gasteiger partial charge in [0.05, 0.1) is 12.1 Å². The lowest BCUT2D eigenvalue weighted by Crippen LogP contribution is -2.38. The molecule has 0 bridgehead atoms. The van der Waals surface area contributed by atoms with Gasteiger partial charge in [0.25, 0.3) is 5.91 Å². The van der Waals surface area contributed by atoms with E-state index in [4.69, 9.17) is 0 Å². The predicted molar refractivity (Wildman–Crippen MR) is 72.5 cm³/mol. The number of hydrogen-bond acceptors (Lipinski definition) is 3. The Labute approximate surface area is 116 Å². The van der Waals surface area contributed by atoms with Crippen molar-refractivity contribution in [2.24, 2.45) is 0 Å². The Morgan fingerprint density at radius 3 is 2.65 bits per heavy atom. The molecule has 2 aromatic rings. The molecule has 2 N–H and O–H groups in total. The molecule has 0 spiro atoms. The Bertz CT molecular complexity index is 583. The Hall–Kier alpha value is -2.27. The van der Waals surface area contributed by atoms with Crippen LogP contribution in [-0.4, -0.2) is 22.5 Å².